The first-order chi connectivity index (χ1) is 12.6. The van der Waals surface area contributed by atoms with E-state index in [1.165, 1.54) is 5.56 Å². The van der Waals surface area contributed by atoms with E-state index >= 15 is 0 Å². The van der Waals surface area contributed by atoms with Gasteiger partial charge in [0.15, 0.2) is 0 Å². The molecule has 0 amide bonds. The number of aliphatic imine (C=N–C) groups is 1. The van der Waals surface area contributed by atoms with Crippen molar-refractivity contribution in [2.75, 3.05) is 18.0 Å². The zero-order chi connectivity index (χ0) is 18.1. The molecule has 3 heterocycles. The Bertz CT molecular complexity index is 826. The SMILES string of the molecule is CC(C)Oc1ccc2c(c1)C(c1cc(N3CCC(O)CC3)ncn1)=NC2. The van der Waals surface area contributed by atoms with Gasteiger partial charge >= 0.3 is 0 Å². The molecule has 0 aliphatic carbocycles. The van der Waals surface area contributed by atoms with Crippen molar-refractivity contribution in [3.05, 3.63) is 47.4 Å². The number of benzene rings is 1. The minimum atomic E-state index is -0.196. The molecule has 0 spiro atoms. The van der Waals surface area contributed by atoms with E-state index in [9.17, 15) is 5.11 Å². The lowest BCUT2D eigenvalue weighted by Gasteiger charge is -2.30. The summed E-state index contributed by atoms with van der Waals surface area (Å²) in [6.45, 7) is 6.34. The van der Waals surface area contributed by atoms with Crippen LogP contribution in [0.2, 0.25) is 0 Å². The van der Waals surface area contributed by atoms with E-state index in [1.807, 2.05) is 26.0 Å². The number of aliphatic hydroxyl groups is 1. The van der Waals surface area contributed by atoms with Crippen molar-refractivity contribution in [2.45, 2.75) is 45.4 Å². The lowest BCUT2D eigenvalue weighted by atomic mass is 10.0. The average molecular weight is 352 g/mol. The van der Waals surface area contributed by atoms with Crippen LogP contribution in [0.5, 0.6) is 5.75 Å². The van der Waals surface area contributed by atoms with Crippen LogP contribution in [0.25, 0.3) is 0 Å². The van der Waals surface area contributed by atoms with Gasteiger partial charge in [0.05, 0.1) is 30.2 Å². The molecule has 0 radical (unpaired) electrons. The van der Waals surface area contributed by atoms with Crippen LogP contribution in [0.15, 0.2) is 35.6 Å². The van der Waals surface area contributed by atoms with E-state index in [2.05, 4.69) is 27.0 Å². The fraction of sp³-hybridized carbons (Fsp3) is 0.450. The monoisotopic (exact) mass is 352 g/mol. The number of rotatable bonds is 4. The van der Waals surface area contributed by atoms with Crippen LogP contribution in [0.4, 0.5) is 5.82 Å². The Morgan fingerprint density at radius 1 is 1.15 bits per heavy atom. The van der Waals surface area contributed by atoms with Gasteiger partial charge in [-0.1, -0.05) is 6.07 Å². The Morgan fingerprint density at radius 2 is 1.96 bits per heavy atom. The van der Waals surface area contributed by atoms with Gasteiger partial charge in [-0.15, -0.1) is 0 Å². The highest BCUT2D eigenvalue weighted by Gasteiger charge is 2.22. The molecular weight excluding hydrogens is 328 g/mol. The fourth-order valence-corrected chi connectivity index (χ4v) is 3.47. The maximum Gasteiger partial charge on any atom is 0.132 e. The predicted molar refractivity (Wildman–Crippen MR) is 101 cm³/mol. The maximum atomic E-state index is 9.71. The Morgan fingerprint density at radius 3 is 2.73 bits per heavy atom. The van der Waals surface area contributed by atoms with Crippen LogP contribution < -0.4 is 9.64 Å². The second-order valence-electron chi connectivity index (χ2n) is 7.13. The van der Waals surface area contributed by atoms with Crippen molar-refractivity contribution in [3.63, 3.8) is 0 Å². The minimum absolute atomic E-state index is 0.134. The van der Waals surface area contributed by atoms with E-state index in [1.54, 1.807) is 6.33 Å². The lowest BCUT2D eigenvalue weighted by molar-refractivity contribution is 0.145. The van der Waals surface area contributed by atoms with E-state index in [0.29, 0.717) is 6.54 Å². The van der Waals surface area contributed by atoms with E-state index < -0.39 is 0 Å². The number of nitrogens with zero attached hydrogens (tertiary/aromatic N) is 4. The molecule has 0 saturated carbocycles. The van der Waals surface area contributed by atoms with E-state index in [-0.39, 0.29) is 12.2 Å². The Labute approximate surface area is 153 Å². The number of hydrogen-bond donors (Lipinski definition) is 1. The molecule has 1 aromatic carbocycles. The van der Waals surface area contributed by atoms with Crippen LogP contribution in [-0.2, 0) is 6.54 Å². The molecule has 1 aromatic heterocycles. The van der Waals surface area contributed by atoms with Crippen LogP contribution in [0.3, 0.4) is 0 Å². The molecule has 2 aliphatic rings. The largest absolute Gasteiger partial charge is 0.491 e. The number of aromatic nitrogens is 2. The standard InChI is InChI=1S/C20H24N4O2/c1-13(2)26-16-4-3-14-11-21-20(17(14)9-16)18-10-19(23-12-22-18)24-7-5-15(25)6-8-24/h3-4,9-10,12-13,15,25H,5-8,11H2,1-2H3. The molecule has 1 saturated heterocycles. The number of fused-ring (bicyclic) bond motifs is 1. The third kappa shape index (κ3) is 3.42. The third-order valence-corrected chi connectivity index (χ3v) is 4.80. The van der Waals surface area contributed by atoms with Crippen LogP contribution in [0, 0.1) is 0 Å². The molecule has 2 aliphatic heterocycles. The molecule has 6 heteroatoms. The summed E-state index contributed by atoms with van der Waals surface area (Å²) in [5, 5.41) is 9.71. The van der Waals surface area contributed by atoms with Gasteiger partial charge < -0.3 is 14.7 Å². The number of aliphatic hydroxyl groups excluding tert-OH is 1. The molecular formula is C20H24N4O2. The Kier molecular flexibility index (Phi) is 4.59. The molecule has 26 heavy (non-hydrogen) atoms. The van der Waals surface area contributed by atoms with Gasteiger partial charge in [-0.05, 0) is 44.4 Å². The summed E-state index contributed by atoms with van der Waals surface area (Å²) in [6.07, 6.45) is 3.09. The molecule has 136 valence electrons. The molecule has 0 atom stereocenters. The summed E-state index contributed by atoms with van der Waals surface area (Å²) in [7, 11) is 0. The quantitative estimate of drug-likeness (QED) is 0.916. The number of anilines is 1. The minimum Gasteiger partial charge on any atom is -0.491 e. The first-order valence-corrected chi connectivity index (χ1v) is 9.20. The van der Waals surface area contributed by atoms with Crippen LogP contribution in [-0.4, -0.2) is 46.1 Å². The topological polar surface area (TPSA) is 70.8 Å². The zero-order valence-corrected chi connectivity index (χ0v) is 15.2. The fourth-order valence-electron chi connectivity index (χ4n) is 3.47. The van der Waals surface area contributed by atoms with Gasteiger partial charge in [-0.25, -0.2) is 9.97 Å². The van der Waals surface area contributed by atoms with Crippen LogP contribution in [0.1, 0.15) is 43.5 Å². The highest BCUT2D eigenvalue weighted by molar-refractivity contribution is 6.14. The number of piperidine rings is 1. The van der Waals surface area contributed by atoms with Crippen LogP contribution >= 0.6 is 0 Å². The summed E-state index contributed by atoms with van der Waals surface area (Å²) >= 11 is 0. The molecule has 1 fully saturated rings. The van der Waals surface area contributed by atoms with Gasteiger partial charge in [-0.3, -0.25) is 4.99 Å². The summed E-state index contributed by atoms with van der Waals surface area (Å²) in [5.74, 6) is 1.75. The van der Waals surface area contributed by atoms with Crippen molar-refractivity contribution in [2.24, 2.45) is 4.99 Å². The Hall–Kier alpha value is -2.47. The highest BCUT2D eigenvalue weighted by atomic mass is 16.5. The summed E-state index contributed by atoms with van der Waals surface area (Å²) in [5.41, 5.74) is 4.01. The first kappa shape index (κ1) is 17.0. The van der Waals surface area contributed by atoms with E-state index in [0.717, 1.165) is 54.5 Å². The van der Waals surface area contributed by atoms with Crippen molar-refractivity contribution >= 4 is 11.5 Å². The summed E-state index contributed by atoms with van der Waals surface area (Å²) in [6, 6.07) is 8.14. The van der Waals surface area contributed by atoms with Gasteiger partial charge in [0, 0.05) is 24.7 Å². The van der Waals surface area contributed by atoms with Gasteiger partial charge in [0.2, 0.25) is 0 Å². The van der Waals surface area contributed by atoms with Crippen molar-refractivity contribution < 1.29 is 9.84 Å². The smallest absolute Gasteiger partial charge is 0.132 e. The molecule has 1 N–H and O–H groups in total. The number of ether oxygens (including phenoxy) is 1. The maximum absolute atomic E-state index is 9.71. The second kappa shape index (κ2) is 7.03. The van der Waals surface area contributed by atoms with Crippen molar-refractivity contribution in [1.82, 2.24) is 9.97 Å². The van der Waals surface area contributed by atoms with Gasteiger partial charge in [-0.2, -0.15) is 0 Å². The van der Waals surface area contributed by atoms with Gasteiger partial charge in [0.25, 0.3) is 0 Å². The molecule has 0 unspecified atom stereocenters. The van der Waals surface area contributed by atoms with E-state index in [4.69, 9.17) is 9.73 Å². The second-order valence-corrected chi connectivity index (χ2v) is 7.13. The molecule has 0 bridgehead atoms. The lowest BCUT2D eigenvalue weighted by Crippen LogP contribution is -2.36. The average Bonchev–Trinajstić information content (AvgIpc) is 3.05. The third-order valence-electron chi connectivity index (χ3n) is 4.80. The Balaban J connectivity index is 1.61. The number of hydrogen-bond acceptors (Lipinski definition) is 6. The summed E-state index contributed by atoms with van der Waals surface area (Å²) < 4.78 is 5.83. The van der Waals surface area contributed by atoms with Gasteiger partial charge in [0.1, 0.15) is 17.9 Å². The van der Waals surface area contributed by atoms with Crippen molar-refractivity contribution in [3.8, 4) is 5.75 Å². The van der Waals surface area contributed by atoms with Crippen molar-refractivity contribution in [1.29, 1.82) is 0 Å². The highest BCUT2D eigenvalue weighted by Crippen LogP contribution is 2.28. The molecule has 6 nitrogen and oxygen atoms in total. The normalized spacial score (nSPS) is 17.4. The first-order valence-electron chi connectivity index (χ1n) is 9.20. The molecule has 4 rings (SSSR count). The predicted octanol–water partition coefficient (Wildman–Crippen LogP) is 2.58. The summed E-state index contributed by atoms with van der Waals surface area (Å²) in [4.78, 5) is 15.8. The molecule has 2 aromatic rings. The zero-order valence-electron chi connectivity index (χ0n) is 15.2.